The third kappa shape index (κ3) is 4.85. The number of ether oxygens (including phenoxy) is 4. The van der Waals surface area contributed by atoms with Gasteiger partial charge in [-0.15, -0.1) is 0 Å². The Morgan fingerprint density at radius 2 is 1.71 bits per heavy atom. The third-order valence-electron chi connectivity index (χ3n) is 4.18. The first kappa shape index (κ1) is 19.3. The van der Waals surface area contributed by atoms with Crippen molar-refractivity contribution in [3.05, 3.63) is 48.0 Å². The van der Waals surface area contributed by atoms with Crippen LogP contribution in [0.5, 0.6) is 23.0 Å². The number of nitrogens with one attached hydrogen (secondary N) is 2. The van der Waals surface area contributed by atoms with Crippen LogP contribution in [-0.2, 0) is 16.0 Å². The molecule has 0 spiro atoms. The lowest BCUT2D eigenvalue weighted by molar-refractivity contribution is -0.135. The van der Waals surface area contributed by atoms with E-state index in [2.05, 4.69) is 10.9 Å². The van der Waals surface area contributed by atoms with Crippen molar-refractivity contribution in [1.29, 1.82) is 0 Å². The van der Waals surface area contributed by atoms with Crippen molar-refractivity contribution < 1.29 is 28.5 Å². The van der Waals surface area contributed by atoms with Crippen LogP contribution >= 0.6 is 0 Å². The molecule has 0 fully saturated rings. The minimum absolute atomic E-state index is 0.0717. The predicted molar refractivity (Wildman–Crippen MR) is 101 cm³/mol. The van der Waals surface area contributed by atoms with Crippen LogP contribution in [0.3, 0.4) is 0 Å². The standard InChI is InChI=1S/C20H22N2O6/c1-25-14-9-13(10-15(11-14)26-2)7-8-19(23)21-22-20(24)18-12-27-16-5-3-4-6-17(16)28-18/h3-6,9-11,18H,7-8,12H2,1-2H3,(H,21,23)(H,22,24). The van der Waals surface area contributed by atoms with E-state index in [-0.39, 0.29) is 18.9 Å². The molecular formula is C20H22N2O6. The van der Waals surface area contributed by atoms with Crippen molar-refractivity contribution in [2.75, 3.05) is 20.8 Å². The highest BCUT2D eigenvalue weighted by molar-refractivity contribution is 5.85. The number of hydrazine groups is 1. The van der Waals surface area contributed by atoms with Crippen molar-refractivity contribution in [2.24, 2.45) is 0 Å². The van der Waals surface area contributed by atoms with Crippen LogP contribution < -0.4 is 29.8 Å². The summed E-state index contributed by atoms with van der Waals surface area (Å²) in [6, 6.07) is 12.5. The van der Waals surface area contributed by atoms with E-state index < -0.39 is 12.0 Å². The van der Waals surface area contributed by atoms with Crippen LogP contribution in [-0.4, -0.2) is 38.7 Å². The summed E-state index contributed by atoms with van der Waals surface area (Å²) in [6.45, 7) is 0.0717. The summed E-state index contributed by atoms with van der Waals surface area (Å²) < 4.78 is 21.5. The van der Waals surface area contributed by atoms with Gasteiger partial charge in [0.05, 0.1) is 14.2 Å². The number of aryl methyl sites for hydroxylation is 1. The van der Waals surface area contributed by atoms with Crippen molar-refractivity contribution in [3.63, 3.8) is 0 Å². The van der Waals surface area contributed by atoms with Gasteiger partial charge in [-0.05, 0) is 36.2 Å². The van der Waals surface area contributed by atoms with E-state index in [1.807, 2.05) is 18.2 Å². The normalized spacial score (nSPS) is 14.7. The van der Waals surface area contributed by atoms with Crippen molar-refractivity contribution >= 4 is 11.8 Å². The summed E-state index contributed by atoms with van der Waals surface area (Å²) in [6.07, 6.45) is -0.189. The van der Waals surface area contributed by atoms with Gasteiger partial charge in [-0.1, -0.05) is 12.1 Å². The maximum Gasteiger partial charge on any atom is 0.283 e. The molecule has 2 N–H and O–H groups in total. The van der Waals surface area contributed by atoms with E-state index in [1.54, 1.807) is 38.5 Å². The number of hydrogen-bond acceptors (Lipinski definition) is 6. The lowest BCUT2D eigenvalue weighted by Gasteiger charge is -2.25. The SMILES string of the molecule is COc1cc(CCC(=O)NNC(=O)C2COc3ccccc3O2)cc(OC)c1. The molecule has 0 saturated carbocycles. The molecule has 148 valence electrons. The number of carbonyl (C=O) groups is 2. The Kier molecular flexibility index (Phi) is 6.21. The predicted octanol–water partition coefficient (Wildman–Crippen LogP) is 1.62. The second-order valence-electron chi connectivity index (χ2n) is 6.12. The van der Waals surface area contributed by atoms with Crippen LogP contribution in [0.1, 0.15) is 12.0 Å². The Morgan fingerprint density at radius 1 is 1.04 bits per heavy atom. The molecule has 1 heterocycles. The van der Waals surface area contributed by atoms with E-state index in [4.69, 9.17) is 18.9 Å². The molecule has 0 radical (unpaired) electrons. The van der Waals surface area contributed by atoms with Crippen LogP contribution in [0.4, 0.5) is 0 Å². The summed E-state index contributed by atoms with van der Waals surface area (Å²) in [5.41, 5.74) is 5.65. The zero-order chi connectivity index (χ0) is 19.9. The molecule has 1 aliphatic rings. The minimum atomic E-state index is -0.835. The Bertz CT molecular complexity index is 832. The van der Waals surface area contributed by atoms with Gasteiger partial charge in [0.2, 0.25) is 12.0 Å². The molecule has 2 aromatic rings. The summed E-state index contributed by atoms with van der Waals surface area (Å²) in [7, 11) is 3.13. The average Bonchev–Trinajstić information content (AvgIpc) is 2.75. The first-order valence-corrected chi connectivity index (χ1v) is 8.78. The average molecular weight is 386 g/mol. The summed E-state index contributed by atoms with van der Waals surface area (Å²) in [5, 5.41) is 0. The van der Waals surface area contributed by atoms with E-state index in [9.17, 15) is 9.59 Å². The summed E-state index contributed by atoms with van der Waals surface area (Å²) in [5.74, 6) is 1.57. The molecule has 0 saturated heterocycles. The smallest absolute Gasteiger partial charge is 0.283 e. The first-order valence-electron chi connectivity index (χ1n) is 8.78. The fourth-order valence-electron chi connectivity index (χ4n) is 2.69. The van der Waals surface area contributed by atoms with Crippen LogP contribution in [0.15, 0.2) is 42.5 Å². The van der Waals surface area contributed by atoms with E-state index in [0.717, 1.165) is 5.56 Å². The molecule has 0 aliphatic carbocycles. The number of methoxy groups -OCH3 is 2. The number of benzene rings is 2. The molecule has 28 heavy (non-hydrogen) atoms. The van der Waals surface area contributed by atoms with Gasteiger partial charge >= 0.3 is 0 Å². The van der Waals surface area contributed by atoms with Gasteiger partial charge in [-0.2, -0.15) is 0 Å². The van der Waals surface area contributed by atoms with E-state index >= 15 is 0 Å². The van der Waals surface area contributed by atoms with Crippen molar-refractivity contribution in [1.82, 2.24) is 10.9 Å². The Morgan fingerprint density at radius 3 is 2.39 bits per heavy atom. The molecule has 1 aliphatic heterocycles. The summed E-state index contributed by atoms with van der Waals surface area (Å²) in [4.78, 5) is 24.2. The van der Waals surface area contributed by atoms with Crippen molar-refractivity contribution in [3.8, 4) is 23.0 Å². The molecular weight excluding hydrogens is 364 g/mol. The number of amides is 2. The molecule has 2 aromatic carbocycles. The first-order chi connectivity index (χ1) is 13.6. The maximum atomic E-state index is 12.2. The topological polar surface area (TPSA) is 95.1 Å². The highest BCUT2D eigenvalue weighted by Gasteiger charge is 2.27. The highest BCUT2D eigenvalue weighted by atomic mass is 16.6. The molecule has 8 nitrogen and oxygen atoms in total. The Balaban J connectivity index is 1.46. The monoisotopic (exact) mass is 386 g/mol. The highest BCUT2D eigenvalue weighted by Crippen LogP contribution is 2.30. The number of fused-ring (bicyclic) bond motifs is 1. The number of hydrogen-bond donors (Lipinski definition) is 2. The molecule has 8 heteroatoms. The minimum Gasteiger partial charge on any atom is -0.497 e. The van der Waals surface area contributed by atoms with Gasteiger partial charge < -0.3 is 18.9 Å². The number of rotatable bonds is 6. The quantitative estimate of drug-likeness (QED) is 0.733. The second-order valence-corrected chi connectivity index (χ2v) is 6.12. The fraction of sp³-hybridized carbons (Fsp3) is 0.300. The lowest BCUT2D eigenvalue weighted by atomic mass is 10.1. The van der Waals surface area contributed by atoms with Gasteiger partial charge in [0.1, 0.15) is 18.1 Å². The zero-order valence-corrected chi connectivity index (χ0v) is 15.7. The van der Waals surface area contributed by atoms with Gasteiger partial charge in [0, 0.05) is 12.5 Å². The molecule has 0 aromatic heterocycles. The maximum absolute atomic E-state index is 12.2. The van der Waals surface area contributed by atoms with E-state index in [0.29, 0.717) is 29.4 Å². The summed E-state index contributed by atoms with van der Waals surface area (Å²) >= 11 is 0. The molecule has 0 bridgehead atoms. The Hall–Kier alpha value is -3.42. The van der Waals surface area contributed by atoms with Crippen LogP contribution in [0.2, 0.25) is 0 Å². The van der Waals surface area contributed by atoms with E-state index in [1.165, 1.54) is 0 Å². The zero-order valence-electron chi connectivity index (χ0n) is 15.7. The molecule has 3 rings (SSSR count). The molecule has 1 unspecified atom stereocenters. The van der Waals surface area contributed by atoms with Crippen LogP contribution in [0.25, 0.3) is 0 Å². The van der Waals surface area contributed by atoms with Gasteiger partial charge in [-0.25, -0.2) is 0 Å². The molecule has 1 atom stereocenters. The molecule has 2 amide bonds. The Labute approximate surface area is 162 Å². The van der Waals surface area contributed by atoms with Gasteiger partial charge in [-0.3, -0.25) is 20.4 Å². The van der Waals surface area contributed by atoms with Gasteiger partial charge in [0.25, 0.3) is 5.91 Å². The fourth-order valence-corrected chi connectivity index (χ4v) is 2.69. The van der Waals surface area contributed by atoms with Crippen LogP contribution in [0, 0.1) is 0 Å². The third-order valence-corrected chi connectivity index (χ3v) is 4.18. The number of carbonyl (C=O) groups excluding carboxylic acids is 2. The second kappa shape index (κ2) is 8.98. The largest absolute Gasteiger partial charge is 0.497 e. The number of para-hydroxylation sites is 2. The van der Waals surface area contributed by atoms with Gasteiger partial charge in [0.15, 0.2) is 11.5 Å². The lowest BCUT2D eigenvalue weighted by Crippen LogP contribution is -2.50. The van der Waals surface area contributed by atoms with Crippen molar-refractivity contribution in [2.45, 2.75) is 18.9 Å².